The van der Waals surface area contributed by atoms with Gasteiger partial charge in [-0.2, -0.15) is 4.39 Å². The number of aliphatic hydroxyl groups excluding tert-OH is 1. The SMILES string of the molecule is CCCC(O)c1ccc(C2CCC(OC(=O)C3CCC(c4ccc(-c5ccc(OCC)c(F)c5F)c(F)c4F)CC3)CC2)c(F)c1F. The Balaban J connectivity index is 1.15. The van der Waals surface area contributed by atoms with Gasteiger partial charge in [0.15, 0.2) is 34.8 Å². The number of esters is 1. The van der Waals surface area contributed by atoms with Gasteiger partial charge in [-0.1, -0.05) is 37.6 Å². The number of ether oxygens (including phenoxy) is 2. The van der Waals surface area contributed by atoms with Crippen molar-refractivity contribution in [1.29, 1.82) is 0 Å². The average Bonchev–Trinajstić information content (AvgIpc) is 3.07. The molecule has 0 amide bonds. The standard InChI is InChI=1S/C37H40F6O4/c1-3-5-29(44)28-17-15-25(32(39)35(28)42)21-10-12-23(13-11-21)47-37(45)22-8-6-20(7-9-22)24-14-16-26(33(40)31(24)38)27-18-19-30(46-4-2)36(43)34(27)41/h14-23,29,44H,3-13H2,1-2H3. The monoisotopic (exact) mass is 662 g/mol. The Hall–Kier alpha value is -3.53. The third kappa shape index (κ3) is 7.32. The maximum atomic E-state index is 15.3. The second-order valence-corrected chi connectivity index (χ2v) is 12.6. The zero-order valence-electron chi connectivity index (χ0n) is 26.6. The van der Waals surface area contributed by atoms with Crippen molar-refractivity contribution in [2.45, 2.75) is 102 Å². The number of hydrogen-bond donors (Lipinski definition) is 1. The summed E-state index contributed by atoms with van der Waals surface area (Å²) in [4.78, 5) is 13.0. The smallest absolute Gasteiger partial charge is 0.309 e. The fraction of sp³-hybridized carbons (Fsp3) is 0.486. The van der Waals surface area contributed by atoms with E-state index in [1.54, 1.807) is 13.0 Å². The molecule has 254 valence electrons. The molecule has 10 heteroatoms. The minimum Gasteiger partial charge on any atom is -0.491 e. The Bertz CT molecular complexity index is 1580. The summed E-state index contributed by atoms with van der Waals surface area (Å²) < 4.78 is 99.9. The Morgan fingerprint density at radius 2 is 1.23 bits per heavy atom. The summed E-state index contributed by atoms with van der Waals surface area (Å²) in [6.07, 6.45) is 3.30. The molecule has 0 spiro atoms. The van der Waals surface area contributed by atoms with Gasteiger partial charge < -0.3 is 14.6 Å². The fourth-order valence-electron chi connectivity index (χ4n) is 7.07. The molecule has 1 unspecified atom stereocenters. The van der Waals surface area contributed by atoms with Gasteiger partial charge in [0.1, 0.15) is 6.10 Å². The normalized spacial score (nSPS) is 22.1. The maximum absolute atomic E-state index is 15.3. The molecule has 2 fully saturated rings. The molecule has 0 aromatic heterocycles. The van der Waals surface area contributed by atoms with Crippen molar-refractivity contribution in [3.05, 3.63) is 88.0 Å². The lowest BCUT2D eigenvalue weighted by atomic mass is 9.78. The van der Waals surface area contributed by atoms with Gasteiger partial charge in [-0.05, 0) is 99.8 Å². The van der Waals surface area contributed by atoms with E-state index < -0.39 is 58.1 Å². The van der Waals surface area contributed by atoms with Crippen LogP contribution in [-0.4, -0.2) is 23.8 Å². The van der Waals surface area contributed by atoms with E-state index >= 15 is 8.78 Å². The lowest BCUT2D eigenvalue weighted by Crippen LogP contribution is -2.30. The minimum absolute atomic E-state index is 0.0358. The van der Waals surface area contributed by atoms with Gasteiger partial charge >= 0.3 is 5.97 Å². The van der Waals surface area contributed by atoms with Crippen LogP contribution >= 0.6 is 0 Å². The molecule has 5 rings (SSSR count). The highest BCUT2D eigenvalue weighted by Gasteiger charge is 2.34. The number of benzene rings is 3. The highest BCUT2D eigenvalue weighted by molar-refractivity contribution is 5.73. The van der Waals surface area contributed by atoms with E-state index in [0.717, 1.165) is 6.07 Å². The lowest BCUT2D eigenvalue weighted by Gasteiger charge is -2.32. The van der Waals surface area contributed by atoms with Gasteiger partial charge in [0.25, 0.3) is 0 Å². The zero-order valence-corrected chi connectivity index (χ0v) is 26.6. The topological polar surface area (TPSA) is 55.8 Å². The van der Waals surface area contributed by atoms with Crippen molar-refractivity contribution >= 4 is 5.97 Å². The molecule has 0 saturated heterocycles. The van der Waals surface area contributed by atoms with Crippen molar-refractivity contribution < 1.29 is 45.7 Å². The molecule has 3 aromatic carbocycles. The molecule has 1 N–H and O–H groups in total. The highest BCUT2D eigenvalue weighted by atomic mass is 19.2. The Kier molecular flexibility index (Phi) is 11.2. The van der Waals surface area contributed by atoms with Gasteiger partial charge in [-0.15, -0.1) is 0 Å². The first-order valence-electron chi connectivity index (χ1n) is 16.5. The van der Waals surface area contributed by atoms with E-state index in [9.17, 15) is 27.5 Å². The third-order valence-corrected chi connectivity index (χ3v) is 9.71. The first kappa shape index (κ1) is 34.8. The second kappa shape index (κ2) is 15.1. The van der Waals surface area contributed by atoms with Crippen molar-refractivity contribution in [2.75, 3.05) is 6.61 Å². The molecule has 47 heavy (non-hydrogen) atoms. The molecule has 3 aromatic rings. The number of carbonyl (C=O) groups excluding carboxylic acids is 1. The summed E-state index contributed by atoms with van der Waals surface area (Å²) in [6, 6.07) is 7.96. The number of halogens is 6. The minimum atomic E-state index is -1.33. The third-order valence-electron chi connectivity index (χ3n) is 9.71. The van der Waals surface area contributed by atoms with E-state index in [-0.39, 0.29) is 53.0 Å². The summed E-state index contributed by atoms with van der Waals surface area (Å²) in [7, 11) is 0. The molecule has 2 aliphatic rings. The summed E-state index contributed by atoms with van der Waals surface area (Å²) in [5.74, 6) is -8.58. The van der Waals surface area contributed by atoms with Crippen LogP contribution in [0.3, 0.4) is 0 Å². The zero-order chi connectivity index (χ0) is 33.8. The van der Waals surface area contributed by atoms with Crippen molar-refractivity contribution in [3.8, 4) is 16.9 Å². The van der Waals surface area contributed by atoms with Crippen molar-refractivity contribution in [2.24, 2.45) is 5.92 Å². The van der Waals surface area contributed by atoms with Crippen molar-refractivity contribution in [3.63, 3.8) is 0 Å². The molecule has 0 bridgehead atoms. The molecule has 0 radical (unpaired) electrons. The molecule has 2 aliphatic carbocycles. The van der Waals surface area contributed by atoms with Gasteiger partial charge in [0.2, 0.25) is 5.82 Å². The largest absolute Gasteiger partial charge is 0.491 e. The summed E-state index contributed by atoms with van der Waals surface area (Å²) in [5.41, 5.74) is -0.446. The number of carbonyl (C=O) groups is 1. The van der Waals surface area contributed by atoms with Crippen LogP contribution in [0.1, 0.15) is 113 Å². The Labute approximate surface area is 271 Å². The average molecular weight is 663 g/mol. The molecule has 0 heterocycles. The highest BCUT2D eigenvalue weighted by Crippen LogP contribution is 2.42. The van der Waals surface area contributed by atoms with Gasteiger partial charge in [-0.3, -0.25) is 4.79 Å². The molecule has 4 nitrogen and oxygen atoms in total. The Morgan fingerprint density at radius 1 is 0.702 bits per heavy atom. The lowest BCUT2D eigenvalue weighted by molar-refractivity contribution is -0.157. The van der Waals surface area contributed by atoms with Gasteiger partial charge in [-0.25, -0.2) is 22.0 Å². The maximum Gasteiger partial charge on any atom is 0.309 e. The first-order valence-corrected chi connectivity index (χ1v) is 16.5. The number of hydrogen-bond acceptors (Lipinski definition) is 4. The van der Waals surface area contributed by atoms with Crippen LogP contribution < -0.4 is 4.74 Å². The van der Waals surface area contributed by atoms with E-state index in [2.05, 4.69) is 0 Å². The van der Waals surface area contributed by atoms with Gasteiger partial charge in [0.05, 0.1) is 18.6 Å². The van der Waals surface area contributed by atoms with Crippen LogP contribution in [0.2, 0.25) is 0 Å². The van der Waals surface area contributed by atoms with Crippen LogP contribution in [0.15, 0.2) is 36.4 Å². The van der Waals surface area contributed by atoms with Crippen LogP contribution in [0.25, 0.3) is 11.1 Å². The second-order valence-electron chi connectivity index (χ2n) is 12.6. The molecule has 1 atom stereocenters. The van der Waals surface area contributed by atoms with E-state index in [4.69, 9.17) is 9.47 Å². The summed E-state index contributed by atoms with van der Waals surface area (Å²) >= 11 is 0. The molecular weight excluding hydrogens is 622 g/mol. The summed E-state index contributed by atoms with van der Waals surface area (Å²) in [5, 5.41) is 10.1. The predicted octanol–water partition coefficient (Wildman–Crippen LogP) is 9.96. The van der Waals surface area contributed by atoms with Crippen LogP contribution in [0.4, 0.5) is 26.3 Å². The first-order chi connectivity index (χ1) is 22.5. The van der Waals surface area contributed by atoms with Crippen LogP contribution in [-0.2, 0) is 9.53 Å². The van der Waals surface area contributed by atoms with Crippen molar-refractivity contribution in [1.82, 2.24) is 0 Å². The van der Waals surface area contributed by atoms with E-state index in [0.29, 0.717) is 64.2 Å². The predicted molar refractivity (Wildman–Crippen MR) is 165 cm³/mol. The quantitative estimate of drug-likeness (QED) is 0.174. The summed E-state index contributed by atoms with van der Waals surface area (Å²) in [6.45, 7) is 3.58. The molecule has 0 aliphatic heterocycles. The van der Waals surface area contributed by atoms with Crippen LogP contribution in [0, 0.1) is 40.8 Å². The van der Waals surface area contributed by atoms with E-state index in [1.165, 1.54) is 24.3 Å². The van der Waals surface area contributed by atoms with E-state index in [1.807, 2.05) is 6.92 Å². The van der Waals surface area contributed by atoms with Gasteiger partial charge in [0, 0.05) is 16.7 Å². The van der Waals surface area contributed by atoms with Crippen LogP contribution in [0.5, 0.6) is 5.75 Å². The number of aliphatic hydroxyl groups is 1. The fourth-order valence-corrected chi connectivity index (χ4v) is 7.07. The molecule has 2 saturated carbocycles. The molecular formula is C37H40F6O4. The Morgan fingerprint density at radius 3 is 1.83 bits per heavy atom. The number of rotatable bonds is 10.